The largest absolute Gasteiger partial charge is 0.444 e. The molecule has 0 radical (unpaired) electrons. The Morgan fingerprint density at radius 3 is 1.67 bits per heavy atom. The number of amides is 2. The zero-order valence-electron chi connectivity index (χ0n) is 33.0. The van der Waals surface area contributed by atoms with Gasteiger partial charge in [0.2, 0.25) is 0 Å². The predicted molar refractivity (Wildman–Crippen MR) is 220 cm³/mol. The number of nitrogens with two attached hydrogens (primary N) is 1. The lowest BCUT2D eigenvalue weighted by Crippen LogP contribution is -2.49. The summed E-state index contributed by atoms with van der Waals surface area (Å²) in [6.45, 7) is 17.0. The summed E-state index contributed by atoms with van der Waals surface area (Å²) in [5, 5.41) is 9.04. The summed E-state index contributed by atoms with van der Waals surface area (Å²) >= 11 is 3.25. The van der Waals surface area contributed by atoms with E-state index in [2.05, 4.69) is 62.7 Å². The molecule has 6 heterocycles. The Labute approximate surface area is 330 Å². The first-order valence-electron chi connectivity index (χ1n) is 19.0. The van der Waals surface area contributed by atoms with Gasteiger partial charge in [0, 0.05) is 80.1 Å². The molecule has 54 heavy (non-hydrogen) atoms. The average molecular weight is 813 g/mol. The van der Waals surface area contributed by atoms with Crippen LogP contribution in [-0.2, 0) is 9.47 Å². The lowest BCUT2D eigenvalue weighted by molar-refractivity contribution is 0.0486. The molecule has 298 valence electrons. The van der Waals surface area contributed by atoms with E-state index in [1.165, 1.54) is 12.1 Å². The summed E-state index contributed by atoms with van der Waals surface area (Å²) in [4.78, 5) is 39.8. The molecular formula is C40H62BrN9O4. The Morgan fingerprint density at radius 1 is 0.741 bits per heavy atom. The highest BCUT2D eigenvalue weighted by Gasteiger charge is 2.25. The second kappa shape index (κ2) is 23.0. The number of nitrogens with zero attached hydrogens (tertiary/aromatic N) is 5. The fraction of sp³-hybridized carbons (Fsp3) is 0.575. The van der Waals surface area contributed by atoms with Crippen LogP contribution in [0.25, 0.3) is 0 Å². The van der Waals surface area contributed by atoms with Crippen molar-refractivity contribution >= 4 is 39.5 Å². The van der Waals surface area contributed by atoms with Crippen LogP contribution in [0.15, 0.2) is 78.1 Å². The number of nitrogens with one attached hydrogen (secondary N) is 3. The highest BCUT2D eigenvalue weighted by atomic mass is 79.9. The molecule has 0 bridgehead atoms. The number of pyridine rings is 3. The molecule has 2 amide bonds. The fourth-order valence-electron chi connectivity index (χ4n) is 5.92. The number of hydrogen-bond donors (Lipinski definition) is 4. The van der Waals surface area contributed by atoms with Gasteiger partial charge in [-0.25, -0.2) is 9.59 Å². The second-order valence-corrected chi connectivity index (χ2v) is 16.5. The number of carbonyl (C=O) groups is 2. The number of anilines is 2. The van der Waals surface area contributed by atoms with Gasteiger partial charge in [-0.1, -0.05) is 0 Å². The van der Waals surface area contributed by atoms with Crippen molar-refractivity contribution in [1.82, 2.24) is 30.9 Å². The van der Waals surface area contributed by atoms with Gasteiger partial charge >= 0.3 is 12.2 Å². The second-order valence-electron chi connectivity index (χ2n) is 15.6. The summed E-state index contributed by atoms with van der Waals surface area (Å²) in [5.74, 6) is 0. The first-order valence-corrected chi connectivity index (χ1v) is 19.8. The first-order chi connectivity index (χ1) is 25.7. The smallest absolute Gasteiger partial charge is 0.407 e. The monoisotopic (exact) mass is 811 g/mol. The van der Waals surface area contributed by atoms with Crippen LogP contribution in [0.2, 0.25) is 0 Å². The van der Waals surface area contributed by atoms with Gasteiger partial charge < -0.3 is 41.0 Å². The third-order valence-corrected chi connectivity index (χ3v) is 8.73. The minimum atomic E-state index is -0.457. The van der Waals surface area contributed by atoms with E-state index in [0.29, 0.717) is 6.04 Å². The van der Waals surface area contributed by atoms with Crippen LogP contribution < -0.4 is 31.5 Å². The Bertz CT molecular complexity index is 1470. The minimum Gasteiger partial charge on any atom is -0.444 e. The number of aromatic nitrogens is 3. The van der Waals surface area contributed by atoms with Crippen molar-refractivity contribution in [1.29, 1.82) is 0 Å². The number of rotatable bonds is 4. The molecule has 0 spiro atoms. The van der Waals surface area contributed by atoms with E-state index in [9.17, 15) is 9.59 Å². The zero-order chi connectivity index (χ0) is 39.4. The van der Waals surface area contributed by atoms with Gasteiger partial charge in [-0.15, -0.1) is 0 Å². The number of alkyl carbamates (subject to hydrolysis) is 2. The molecule has 3 aromatic rings. The fourth-order valence-corrected chi connectivity index (χ4v) is 6.19. The molecule has 0 unspecified atom stereocenters. The van der Waals surface area contributed by atoms with Crippen LogP contribution in [-0.4, -0.2) is 95.7 Å². The molecule has 3 saturated heterocycles. The van der Waals surface area contributed by atoms with Crippen molar-refractivity contribution in [2.45, 2.75) is 109 Å². The molecule has 3 atom stereocenters. The van der Waals surface area contributed by atoms with E-state index in [1.54, 1.807) is 24.8 Å². The van der Waals surface area contributed by atoms with Crippen LogP contribution in [0.4, 0.5) is 21.0 Å². The maximum atomic E-state index is 11.8. The summed E-state index contributed by atoms with van der Waals surface area (Å²) in [6.07, 6.45) is 16.7. The van der Waals surface area contributed by atoms with Crippen molar-refractivity contribution in [3.63, 3.8) is 0 Å². The Morgan fingerprint density at radius 2 is 1.24 bits per heavy atom. The van der Waals surface area contributed by atoms with Crippen molar-refractivity contribution < 1.29 is 19.1 Å². The van der Waals surface area contributed by atoms with Gasteiger partial charge in [0.1, 0.15) is 11.2 Å². The van der Waals surface area contributed by atoms with Crippen molar-refractivity contribution in [2.75, 3.05) is 49.1 Å². The molecule has 0 aromatic carbocycles. The van der Waals surface area contributed by atoms with Crippen LogP contribution in [0.1, 0.15) is 80.1 Å². The number of halogens is 1. The Kier molecular flexibility index (Phi) is 18.9. The third kappa shape index (κ3) is 19.4. The molecule has 0 aliphatic carbocycles. The number of carbonyl (C=O) groups excluding carboxylic acids is 2. The van der Waals surface area contributed by atoms with Crippen molar-refractivity contribution in [3.05, 3.63) is 78.1 Å². The quantitative estimate of drug-likeness (QED) is 0.222. The molecule has 14 heteroatoms. The lowest BCUT2D eigenvalue weighted by atomic mass is 10.1. The van der Waals surface area contributed by atoms with Crippen LogP contribution >= 0.6 is 15.9 Å². The van der Waals surface area contributed by atoms with Gasteiger partial charge in [-0.05, 0) is 139 Å². The van der Waals surface area contributed by atoms with Crippen LogP contribution in [0.5, 0.6) is 0 Å². The van der Waals surface area contributed by atoms with Gasteiger partial charge in [0.15, 0.2) is 0 Å². The van der Waals surface area contributed by atoms with Crippen LogP contribution in [0, 0.1) is 0 Å². The molecule has 3 fully saturated rings. The molecule has 3 aliphatic heterocycles. The maximum absolute atomic E-state index is 11.8. The standard InChI is InChI=1S/C15H23N3O2.C10H15N3.C10H20N2O2.C5H4BrN/c1-15(2,3)20-14(19)17-12-6-5-9-18(11-12)13-7-4-8-16-10-13;11-9-3-2-6-13(8-9)10-4-1-5-12-7-10;1-10(2,3)14-9(13)12-8-5-4-6-11-7-8;6-5-2-1-3-7-4-5/h4,7-8,10,12H,5-6,9,11H2,1-3H3,(H,17,19);1,4-5,7,9H,2-3,6,8,11H2;8,11H,4-7H2,1-3H3,(H,12,13);1-4H/t12-;9-;8-;/m000./s1. The first kappa shape index (κ1) is 44.4. The summed E-state index contributed by atoms with van der Waals surface area (Å²) in [6, 6.07) is 12.5. The van der Waals surface area contributed by atoms with Gasteiger partial charge in [0.25, 0.3) is 0 Å². The minimum absolute atomic E-state index is 0.124. The molecule has 13 nitrogen and oxygen atoms in total. The number of piperidine rings is 3. The van der Waals surface area contributed by atoms with Gasteiger partial charge in [0.05, 0.1) is 23.8 Å². The van der Waals surface area contributed by atoms with Crippen molar-refractivity contribution in [2.24, 2.45) is 5.73 Å². The zero-order valence-corrected chi connectivity index (χ0v) is 34.6. The normalized spacial score (nSPS) is 19.9. The summed E-state index contributed by atoms with van der Waals surface area (Å²) < 4.78 is 11.5. The number of ether oxygens (including phenoxy) is 2. The SMILES string of the molecule is Brc1cccnc1.CC(C)(C)OC(=O)N[C@H]1CCCN(c2cccnc2)C1.CC(C)(C)OC(=O)N[C@H]1CCCNC1.N[C@H]1CCCN(c2cccnc2)C1. The number of hydrogen-bond acceptors (Lipinski definition) is 11. The molecule has 0 saturated carbocycles. The molecular weight excluding hydrogens is 750 g/mol. The maximum Gasteiger partial charge on any atom is 0.407 e. The summed E-state index contributed by atoms with van der Waals surface area (Å²) in [7, 11) is 0. The topological polar surface area (TPSA) is 160 Å². The van der Waals surface area contributed by atoms with E-state index in [0.717, 1.165) is 81.5 Å². The van der Waals surface area contributed by atoms with E-state index >= 15 is 0 Å². The lowest BCUT2D eigenvalue weighted by Gasteiger charge is -2.34. The van der Waals surface area contributed by atoms with E-state index in [-0.39, 0.29) is 24.3 Å². The Balaban J connectivity index is 0.000000204. The highest BCUT2D eigenvalue weighted by molar-refractivity contribution is 9.10. The van der Waals surface area contributed by atoms with E-state index in [1.807, 2.05) is 84.3 Å². The predicted octanol–water partition coefficient (Wildman–Crippen LogP) is 6.69. The Hall–Kier alpha value is -4.01. The highest BCUT2D eigenvalue weighted by Crippen LogP contribution is 2.20. The average Bonchev–Trinajstić information content (AvgIpc) is 3.12. The molecule has 3 aromatic heterocycles. The van der Waals surface area contributed by atoms with E-state index in [4.69, 9.17) is 15.2 Å². The van der Waals surface area contributed by atoms with Crippen LogP contribution in [0.3, 0.4) is 0 Å². The third-order valence-electron chi connectivity index (χ3n) is 8.27. The van der Waals surface area contributed by atoms with Gasteiger partial charge in [-0.2, -0.15) is 0 Å². The van der Waals surface area contributed by atoms with Gasteiger partial charge in [-0.3, -0.25) is 15.0 Å². The molecule has 5 N–H and O–H groups in total. The van der Waals surface area contributed by atoms with Crippen molar-refractivity contribution in [3.8, 4) is 0 Å². The molecule has 3 aliphatic rings. The summed E-state index contributed by atoms with van der Waals surface area (Å²) in [5.41, 5.74) is 7.33. The van der Waals surface area contributed by atoms with E-state index < -0.39 is 11.2 Å². The molecule has 6 rings (SSSR count).